The zero-order chi connectivity index (χ0) is 13.1. The molecule has 0 radical (unpaired) electrons. The number of benzene rings is 1. The first-order valence-corrected chi connectivity index (χ1v) is 5.46. The molecule has 2 aromatic rings. The lowest BCUT2D eigenvalue weighted by atomic mass is 10.1. The number of hydrazine groups is 1. The average Bonchev–Trinajstić information content (AvgIpc) is 2.38. The van der Waals surface area contributed by atoms with Gasteiger partial charge in [-0.25, -0.2) is 5.84 Å². The van der Waals surface area contributed by atoms with E-state index in [4.69, 9.17) is 10.6 Å². The highest BCUT2D eigenvalue weighted by Gasteiger charge is 2.11. The first-order valence-electron chi connectivity index (χ1n) is 5.46. The summed E-state index contributed by atoms with van der Waals surface area (Å²) in [5, 5.41) is 0.416. The highest BCUT2D eigenvalue weighted by molar-refractivity contribution is 5.96. The van der Waals surface area contributed by atoms with Crippen molar-refractivity contribution in [3.63, 3.8) is 0 Å². The summed E-state index contributed by atoms with van der Waals surface area (Å²) in [5.74, 6) is 5.05. The van der Waals surface area contributed by atoms with Crippen molar-refractivity contribution in [3.05, 3.63) is 40.2 Å². The van der Waals surface area contributed by atoms with Gasteiger partial charge in [0.2, 0.25) is 5.43 Å². The molecule has 1 aromatic heterocycles. The maximum atomic E-state index is 12.0. The van der Waals surface area contributed by atoms with Crippen LogP contribution in [0.25, 0.3) is 10.9 Å². The number of H-pyrrole nitrogens is 1. The summed E-state index contributed by atoms with van der Waals surface area (Å²) < 4.78 is 5.33. The van der Waals surface area contributed by atoms with Crippen LogP contribution in [-0.4, -0.2) is 17.5 Å². The van der Waals surface area contributed by atoms with E-state index in [1.165, 1.54) is 6.20 Å². The van der Waals surface area contributed by atoms with Crippen LogP contribution in [0.4, 0.5) is 0 Å². The van der Waals surface area contributed by atoms with Crippen molar-refractivity contribution in [1.82, 2.24) is 10.4 Å². The number of rotatable bonds is 3. The van der Waals surface area contributed by atoms with Crippen molar-refractivity contribution in [2.24, 2.45) is 5.84 Å². The van der Waals surface area contributed by atoms with Gasteiger partial charge in [0.05, 0.1) is 12.1 Å². The molecular formula is C12H13N3O3. The summed E-state index contributed by atoms with van der Waals surface area (Å²) in [6.45, 7) is 2.42. The number of nitrogen functional groups attached to an aromatic ring is 1. The Morgan fingerprint density at radius 1 is 1.50 bits per heavy atom. The molecule has 1 aromatic carbocycles. The molecule has 6 heteroatoms. The Kier molecular flexibility index (Phi) is 3.29. The van der Waals surface area contributed by atoms with Gasteiger partial charge in [-0.05, 0) is 19.1 Å². The normalized spacial score (nSPS) is 10.3. The van der Waals surface area contributed by atoms with E-state index in [0.717, 1.165) is 0 Å². The second-order valence-electron chi connectivity index (χ2n) is 3.65. The highest BCUT2D eigenvalue weighted by Crippen LogP contribution is 2.17. The van der Waals surface area contributed by atoms with Crippen LogP contribution in [0.5, 0.6) is 5.75 Å². The number of hydrogen-bond donors (Lipinski definition) is 3. The molecule has 0 unspecified atom stereocenters. The SMILES string of the molecule is CCOc1ccc2c(=O)c(C(=O)NN)c[nH]c2c1. The second kappa shape index (κ2) is 4.89. The molecule has 0 aliphatic carbocycles. The van der Waals surface area contributed by atoms with Crippen molar-refractivity contribution in [2.75, 3.05) is 6.61 Å². The Hall–Kier alpha value is -2.34. The standard InChI is InChI=1S/C12H13N3O3/c1-2-18-7-3-4-8-10(5-7)14-6-9(11(8)16)12(17)15-13/h3-6H,2,13H2,1H3,(H,14,16)(H,15,17). The van der Waals surface area contributed by atoms with Gasteiger partial charge in [0.15, 0.2) is 0 Å². The minimum absolute atomic E-state index is 0.0193. The Balaban J connectivity index is 2.59. The molecule has 0 atom stereocenters. The largest absolute Gasteiger partial charge is 0.494 e. The molecule has 0 bridgehead atoms. The van der Waals surface area contributed by atoms with Gasteiger partial charge in [0.25, 0.3) is 5.91 Å². The molecule has 0 saturated heterocycles. The number of aromatic nitrogens is 1. The van der Waals surface area contributed by atoms with E-state index >= 15 is 0 Å². The van der Waals surface area contributed by atoms with E-state index in [9.17, 15) is 9.59 Å². The lowest BCUT2D eigenvalue weighted by Crippen LogP contribution is -2.33. The summed E-state index contributed by atoms with van der Waals surface area (Å²) in [6.07, 6.45) is 1.34. The van der Waals surface area contributed by atoms with E-state index in [1.54, 1.807) is 18.2 Å². The van der Waals surface area contributed by atoms with Gasteiger partial charge in [0.1, 0.15) is 11.3 Å². The molecule has 2 rings (SSSR count). The van der Waals surface area contributed by atoms with Crippen molar-refractivity contribution >= 4 is 16.8 Å². The molecule has 6 nitrogen and oxygen atoms in total. The topological polar surface area (TPSA) is 97.2 Å². The van der Waals surface area contributed by atoms with Crippen LogP contribution in [0.2, 0.25) is 0 Å². The summed E-state index contributed by atoms with van der Waals surface area (Å²) in [4.78, 5) is 26.3. The Morgan fingerprint density at radius 2 is 2.28 bits per heavy atom. The Bertz CT molecular complexity index is 649. The van der Waals surface area contributed by atoms with Crippen molar-refractivity contribution < 1.29 is 9.53 Å². The van der Waals surface area contributed by atoms with Gasteiger partial charge >= 0.3 is 0 Å². The predicted molar refractivity (Wildman–Crippen MR) is 67.4 cm³/mol. The maximum Gasteiger partial charge on any atom is 0.270 e. The molecule has 0 spiro atoms. The van der Waals surface area contributed by atoms with Gasteiger partial charge in [0, 0.05) is 17.6 Å². The molecule has 94 valence electrons. The van der Waals surface area contributed by atoms with Crippen molar-refractivity contribution in [2.45, 2.75) is 6.92 Å². The minimum Gasteiger partial charge on any atom is -0.494 e. The third-order valence-electron chi connectivity index (χ3n) is 2.54. The summed E-state index contributed by atoms with van der Waals surface area (Å²) in [7, 11) is 0. The number of fused-ring (bicyclic) bond motifs is 1. The van der Waals surface area contributed by atoms with Crippen LogP contribution in [-0.2, 0) is 0 Å². The number of carbonyl (C=O) groups is 1. The van der Waals surface area contributed by atoms with E-state index in [2.05, 4.69) is 4.98 Å². The van der Waals surface area contributed by atoms with Crippen LogP contribution >= 0.6 is 0 Å². The summed E-state index contributed by atoms with van der Waals surface area (Å²) in [5.41, 5.74) is 2.16. The fourth-order valence-electron chi connectivity index (χ4n) is 1.70. The highest BCUT2D eigenvalue weighted by atomic mass is 16.5. The molecule has 0 aliphatic rings. The number of amides is 1. The van der Waals surface area contributed by atoms with E-state index < -0.39 is 5.91 Å². The number of nitrogens with two attached hydrogens (primary N) is 1. The second-order valence-corrected chi connectivity index (χ2v) is 3.65. The smallest absolute Gasteiger partial charge is 0.270 e. The number of carbonyl (C=O) groups excluding carboxylic acids is 1. The van der Waals surface area contributed by atoms with E-state index in [1.807, 2.05) is 12.3 Å². The summed E-state index contributed by atoms with van der Waals surface area (Å²) in [6, 6.07) is 5.02. The number of aromatic amines is 1. The van der Waals surface area contributed by atoms with Gasteiger partial charge in [-0.2, -0.15) is 0 Å². The van der Waals surface area contributed by atoms with Crippen LogP contribution in [0.1, 0.15) is 17.3 Å². The minimum atomic E-state index is -0.618. The van der Waals surface area contributed by atoms with Gasteiger partial charge in [-0.1, -0.05) is 0 Å². The molecule has 1 heterocycles. The Morgan fingerprint density at radius 3 is 2.94 bits per heavy atom. The maximum absolute atomic E-state index is 12.0. The zero-order valence-electron chi connectivity index (χ0n) is 9.82. The van der Waals surface area contributed by atoms with Crippen LogP contribution in [0.15, 0.2) is 29.2 Å². The van der Waals surface area contributed by atoms with E-state index in [0.29, 0.717) is 23.3 Å². The van der Waals surface area contributed by atoms with Crippen molar-refractivity contribution in [1.29, 1.82) is 0 Å². The van der Waals surface area contributed by atoms with Gasteiger partial charge < -0.3 is 9.72 Å². The van der Waals surface area contributed by atoms with Gasteiger partial charge in [-0.3, -0.25) is 15.0 Å². The van der Waals surface area contributed by atoms with E-state index in [-0.39, 0.29) is 11.0 Å². The fourth-order valence-corrected chi connectivity index (χ4v) is 1.70. The molecular weight excluding hydrogens is 234 g/mol. The quantitative estimate of drug-likeness (QED) is 0.418. The third kappa shape index (κ3) is 2.05. The number of hydrogen-bond acceptors (Lipinski definition) is 4. The number of ether oxygens (including phenoxy) is 1. The van der Waals surface area contributed by atoms with Crippen LogP contribution in [0, 0.1) is 0 Å². The lowest BCUT2D eigenvalue weighted by molar-refractivity contribution is 0.0952. The Labute approximate surface area is 103 Å². The molecule has 0 aliphatic heterocycles. The molecule has 0 saturated carbocycles. The molecule has 4 N–H and O–H groups in total. The summed E-state index contributed by atoms with van der Waals surface area (Å²) >= 11 is 0. The first kappa shape index (κ1) is 12.1. The third-order valence-corrected chi connectivity index (χ3v) is 2.54. The number of nitrogens with one attached hydrogen (secondary N) is 2. The average molecular weight is 247 g/mol. The number of pyridine rings is 1. The molecule has 1 amide bonds. The first-order chi connectivity index (χ1) is 8.67. The monoisotopic (exact) mass is 247 g/mol. The van der Waals surface area contributed by atoms with Crippen molar-refractivity contribution in [3.8, 4) is 5.75 Å². The lowest BCUT2D eigenvalue weighted by Gasteiger charge is -2.05. The van der Waals surface area contributed by atoms with Crippen LogP contribution < -0.4 is 21.4 Å². The molecule has 18 heavy (non-hydrogen) atoms. The fraction of sp³-hybridized carbons (Fsp3) is 0.167. The predicted octanol–water partition coefficient (Wildman–Crippen LogP) is 0.530. The van der Waals surface area contributed by atoms with Crippen LogP contribution in [0.3, 0.4) is 0 Å². The zero-order valence-corrected chi connectivity index (χ0v) is 9.82. The molecule has 0 fully saturated rings. The van der Waals surface area contributed by atoms with Gasteiger partial charge in [-0.15, -0.1) is 0 Å².